The largest absolute Gasteiger partial charge is 0.466 e. The number of carbonyl (C=O) groups excluding carboxylic acids is 2. The second-order valence-electron chi connectivity index (χ2n) is 3.84. The summed E-state index contributed by atoms with van der Waals surface area (Å²) in [5.41, 5.74) is -0.615. The second kappa shape index (κ2) is 8.42. The summed E-state index contributed by atoms with van der Waals surface area (Å²) in [6.07, 6.45) is 0.745. The molecule has 0 aromatic heterocycles. The van der Waals surface area contributed by atoms with Crippen LogP contribution in [0, 0.1) is 5.82 Å². The average Bonchev–Trinajstić information content (AvgIpc) is 2.49. The summed E-state index contributed by atoms with van der Waals surface area (Å²) in [4.78, 5) is 22.9. The highest BCUT2D eigenvalue weighted by molar-refractivity contribution is 9.10. The monoisotopic (exact) mass is 397 g/mol. The van der Waals surface area contributed by atoms with Gasteiger partial charge in [-0.15, -0.1) is 0 Å². The number of rotatable bonds is 6. The quantitative estimate of drug-likeness (QED) is 0.587. The third-order valence-corrected chi connectivity index (χ3v) is 2.98. The van der Waals surface area contributed by atoms with E-state index in [4.69, 9.17) is 0 Å². The molecule has 0 heterocycles. The number of ether oxygens (including phenoxy) is 3. The summed E-state index contributed by atoms with van der Waals surface area (Å²) >= 11 is 2.87. The maximum absolute atomic E-state index is 13.5. The molecule has 1 rings (SSSR count). The van der Waals surface area contributed by atoms with Gasteiger partial charge in [0.15, 0.2) is 5.75 Å². The Hall–Kier alpha value is -2.23. The molecule has 0 spiro atoms. The van der Waals surface area contributed by atoms with E-state index in [0.29, 0.717) is 6.07 Å². The van der Waals surface area contributed by atoms with Crippen molar-refractivity contribution in [1.29, 1.82) is 0 Å². The summed E-state index contributed by atoms with van der Waals surface area (Å²) in [5, 5.41) is 2.37. The van der Waals surface area contributed by atoms with E-state index < -0.39 is 35.8 Å². The fraction of sp³-hybridized carbons (Fsp3) is 0.231. The molecule has 0 saturated heterocycles. The van der Waals surface area contributed by atoms with Crippen LogP contribution in [0.15, 0.2) is 28.4 Å². The number of esters is 2. The lowest BCUT2D eigenvalue weighted by molar-refractivity contribution is -0.138. The highest BCUT2D eigenvalue weighted by atomic mass is 79.9. The smallest absolute Gasteiger partial charge is 0.387 e. The van der Waals surface area contributed by atoms with E-state index in [2.05, 4.69) is 35.5 Å². The van der Waals surface area contributed by atoms with Gasteiger partial charge in [-0.25, -0.2) is 14.0 Å². The van der Waals surface area contributed by atoms with Gasteiger partial charge in [-0.1, -0.05) is 0 Å². The normalized spacial score (nSPS) is 11.2. The molecule has 0 bridgehead atoms. The van der Waals surface area contributed by atoms with Crippen LogP contribution in [0.3, 0.4) is 0 Å². The Kier molecular flexibility index (Phi) is 6.89. The molecular weight excluding hydrogens is 387 g/mol. The summed E-state index contributed by atoms with van der Waals surface area (Å²) in [6.45, 7) is -3.22. The number of methoxy groups -OCH3 is 2. The number of hydrogen-bond donors (Lipinski definition) is 1. The van der Waals surface area contributed by atoms with Crippen molar-refractivity contribution in [1.82, 2.24) is 0 Å². The van der Waals surface area contributed by atoms with E-state index in [0.717, 1.165) is 26.4 Å². The molecule has 1 aromatic rings. The third kappa shape index (κ3) is 5.47. The molecule has 10 heteroatoms. The van der Waals surface area contributed by atoms with Gasteiger partial charge < -0.3 is 19.5 Å². The van der Waals surface area contributed by atoms with Gasteiger partial charge in [0.05, 0.1) is 30.5 Å². The van der Waals surface area contributed by atoms with Crippen LogP contribution >= 0.6 is 15.9 Å². The molecule has 6 nitrogen and oxygen atoms in total. The molecule has 0 aliphatic heterocycles. The Bertz CT molecular complexity index is 636. The number of benzene rings is 1. The Morgan fingerprint density at radius 2 is 1.91 bits per heavy atom. The molecule has 0 fully saturated rings. The Morgan fingerprint density at radius 1 is 1.26 bits per heavy atom. The van der Waals surface area contributed by atoms with Gasteiger partial charge in [-0.2, -0.15) is 8.78 Å². The molecule has 0 radical (unpaired) electrons. The van der Waals surface area contributed by atoms with Crippen molar-refractivity contribution < 1.29 is 37.0 Å². The molecule has 1 aromatic carbocycles. The zero-order valence-corrected chi connectivity index (χ0v) is 13.4. The van der Waals surface area contributed by atoms with Crippen LogP contribution in [0.2, 0.25) is 0 Å². The first-order chi connectivity index (χ1) is 10.8. The molecule has 1 N–H and O–H groups in total. The van der Waals surface area contributed by atoms with Crippen LogP contribution in [-0.4, -0.2) is 32.8 Å². The highest BCUT2D eigenvalue weighted by Gasteiger charge is 2.18. The fourth-order valence-corrected chi connectivity index (χ4v) is 1.74. The molecule has 23 heavy (non-hydrogen) atoms. The first-order valence-corrected chi connectivity index (χ1v) is 6.66. The van der Waals surface area contributed by atoms with E-state index in [1.807, 2.05) is 0 Å². The van der Waals surface area contributed by atoms with Crippen molar-refractivity contribution in [2.75, 3.05) is 19.5 Å². The summed E-state index contributed by atoms with van der Waals surface area (Å²) in [7, 11) is 2.12. The number of nitrogens with one attached hydrogen (secondary N) is 1. The van der Waals surface area contributed by atoms with Gasteiger partial charge in [-0.05, 0) is 22.0 Å². The van der Waals surface area contributed by atoms with E-state index in [9.17, 15) is 22.8 Å². The minimum absolute atomic E-state index is 0.0797. The van der Waals surface area contributed by atoms with Crippen LogP contribution in [-0.2, 0) is 19.1 Å². The van der Waals surface area contributed by atoms with Gasteiger partial charge in [0.2, 0.25) is 0 Å². The van der Waals surface area contributed by atoms with Crippen molar-refractivity contribution in [2.45, 2.75) is 6.61 Å². The number of halogens is 4. The Morgan fingerprint density at radius 3 is 2.43 bits per heavy atom. The van der Waals surface area contributed by atoms with E-state index in [-0.39, 0.29) is 10.2 Å². The Labute approximate surface area is 137 Å². The second-order valence-corrected chi connectivity index (χ2v) is 4.69. The van der Waals surface area contributed by atoms with E-state index >= 15 is 0 Å². The number of carbonyl (C=O) groups is 2. The fourth-order valence-electron chi connectivity index (χ4n) is 1.40. The van der Waals surface area contributed by atoms with Crippen LogP contribution in [0.25, 0.3) is 0 Å². The van der Waals surface area contributed by atoms with Crippen LogP contribution in [0.4, 0.5) is 18.9 Å². The summed E-state index contributed by atoms with van der Waals surface area (Å²) in [5.74, 6) is -3.29. The molecule has 0 unspecified atom stereocenters. The van der Waals surface area contributed by atoms with Gasteiger partial charge >= 0.3 is 18.6 Å². The van der Waals surface area contributed by atoms with Crippen LogP contribution < -0.4 is 10.1 Å². The Balaban J connectivity index is 3.26. The van der Waals surface area contributed by atoms with Gasteiger partial charge in [0.25, 0.3) is 0 Å². The van der Waals surface area contributed by atoms with Crippen molar-refractivity contribution in [3.8, 4) is 5.75 Å². The van der Waals surface area contributed by atoms with Gasteiger partial charge in [-0.3, -0.25) is 0 Å². The molecule has 0 aliphatic rings. The standard InChI is InChI=1S/C13H11BrF3NO5/c1-21-11(19)5-9(12(20)22-2)18-8-3-6(14)7(15)4-10(8)23-13(16)17/h3-5,13,18H,1-2H3/b9-5+. The van der Waals surface area contributed by atoms with Crippen molar-refractivity contribution in [2.24, 2.45) is 0 Å². The highest BCUT2D eigenvalue weighted by Crippen LogP contribution is 2.33. The maximum Gasteiger partial charge on any atom is 0.387 e. The molecule has 0 atom stereocenters. The van der Waals surface area contributed by atoms with Gasteiger partial charge in [0, 0.05) is 6.07 Å². The number of anilines is 1. The van der Waals surface area contributed by atoms with Gasteiger partial charge in [0.1, 0.15) is 11.5 Å². The summed E-state index contributed by atoms with van der Waals surface area (Å²) < 4.78 is 51.2. The topological polar surface area (TPSA) is 73.9 Å². The predicted octanol–water partition coefficient (Wildman–Crippen LogP) is 2.83. The molecule has 0 aliphatic carbocycles. The van der Waals surface area contributed by atoms with Crippen molar-refractivity contribution in [3.05, 3.63) is 34.2 Å². The molecule has 0 saturated carbocycles. The maximum atomic E-state index is 13.5. The minimum Gasteiger partial charge on any atom is -0.466 e. The lowest BCUT2D eigenvalue weighted by atomic mass is 10.2. The zero-order chi connectivity index (χ0) is 17.6. The van der Waals surface area contributed by atoms with Crippen molar-refractivity contribution in [3.63, 3.8) is 0 Å². The lowest BCUT2D eigenvalue weighted by Gasteiger charge is -2.14. The van der Waals surface area contributed by atoms with Crippen molar-refractivity contribution >= 4 is 33.6 Å². The number of alkyl halides is 2. The predicted molar refractivity (Wildman–Crippen MR) is 76.5 cm³/mol. The minimum atomic E-state index is -3.22. The number of hydrogen-bond acceptors (Lipinski definition) is 6. The molecular formula is C13H11BrF3NO5. The molecule has 126 valence electrons. The third-order valence-electron chi connectivity index (χ3n) is 2.38. The van der Waals surface area contributed by atoms with E-state index in [1.54, 1.807) is 0 Å². The first kappa shape index (κ1) is 18.8. The average molecular weight is 398 g/mol. The van der Waals surface area contributed by atoms with Crippen LogP contribution in [0.5, 0.6) is 5.75 Å². The SMILES string of the molecule is COC(=O)/C=C(/Nc1cc(Br)c(F)cc1OC(F)F)C(=O)OC. The lowest BCUT2D eigenvalue weighted by Crippen LogP contribution is -2.16. The molecule has 0 amide bonds. The zero-order valence-electron chi connectivity index (χ0n) is 11.9. The first-order valence-electron chi connectivity index (χ1n) is 5.87. The van der Waals surface area contributed by atoms with Crippen LogP contribution in [0.1, 0.15) is 0 Å². The summed E-state index contributed by atoms with van der Waals surface area (Å²) in [6, 6.07) is 1.74. The van der Waals surface area contributed by atoms with E-state index in [1.165, 1.54) is 0 Å².